The van der Waals surface area contributed by atoms with E-state index in [4.69, 9.17) is 9.26 Å². The van der Waals surface area contributed by atoms with Crippen LogP contribution < -0.4 is 5.32 Å². The monoisotopic (exact) mass is 358 g/mol. The molecule has 3 rings (SSSR count). The van der Waals surface area contributed by atoms with E-state index in [1.54, 1.807) is 19.1 Å². The number of likely N-dealkylation sites (N-methyl/N-ethyl adjacent to an activating group) is 1. The summed E-state index contributed by atoms with van der Waals surface area (Å²) in [4.78, 5) is 18.6. The lowest BCUT2D eigenvalue weighted by molar-refractivity contribution is -0.132. The van der Waals surface area contributed by atoms with Gasteiger partial charge in [0, 0.05) is 26.6 Å². The number of nitrogens with zero attached hydrogens (tertiary/aromatic N) is 3. The van der Waals surface area contributed by atoms with Gasteiger partial charge in [-0.2, -0.15) is 4.98 Å². The third-order valence-electron chi connectivity index (χ3n) is 4.95. The minimum atomic E-state index is -0.0658. The predicted molar refractivity (Wildman–Crippen MR) is 90.9 cm³/mol. The Hall–Kier alpha value is -1.18. The summed E-state index contributed by atoms with van der Waals surface area (Å²) in [6.45, 7) is 0.912. The molecule has 1 aromatic heterocycles. The topological polar surface area (TPSA) is 80.5 Å². The second-order valence-electron chi connectivity index (χ2n) is 6.65. The fraction of sp³-hybridized carbons (Fsp3) is 0.812. The highest BCUT2D eigenvalue weighted by Crippen LogP contribution is 2.33. The Morgan fingerprint density at radius 1 is 1.42 bits per heavy atom. The zero-order valence-electron chi connectivity index (χ0n) is 14.4. The van der Waals surface area contributed by atoms with E-state index in [9.17, 15) is 4.79 Å². The number of hydrogen-bond donors (Lipinski definition) is 1. The van der Waals surface area contributed by atoms with E-state index in [1.807, 2.05) is 0 Å². The van der Waals surface area contributed by atoms with Crippen molar-refractivity contribution in [2.75, 3.05) is 20.8 Å². The highest BCUT2D eigenvalue weighted by atomic mass is 35.5. The molecule has 3 unspecified atom stereocenters. The van der Waals surface area contributed by atoms with Crippen LogP contribution in [0.25, 0.3) is 0 Å². The van der Waals surface area contributed by atoms with Gasteiger partial charge in [0.05, 0.1) is 19.2 Å². The van der Waals surface area contributed by atoms with Crippen molar-refractivity contribution < 1.29 is 14.1 Å². The van der Waals surface area contributed by atoms with Gasteiger partial charge in [0.25, 0.3) is 0 Å². The minimum Gasteiger partial charge on any atom is -0.384 e. The van der Waals surface area contributed by atoms with Crippen molar-refractivity contribution >= 4 is 18.3 Å². The van der Waals surface area contributed by atoms with E-state index in [0.29, 0.717) is 43.2 Å². The van der Waals surface area contributed by atoms with Crippen LogP contribution >= 0.6 is 12.4 Å². The molecule has 3 atom stereocenters. The summed E-state index contributed by atoms with van der Waals surface area (Å²) in [5, 5.41) is 7.42. The number of aromatic nitrogens is 2. The molecule has 0 bridgehead atoms. The van der Waals surface area contributed by atoms with E-state index in [2.05, 4.69) is 15.5 Å². The second-order valence-corrected chi connectivity index (χ2v) is 6.65. The summed E-state index contributed by atoms with van der Waals surface area (Å²) in [5.74, 6) is 1.88. The summed E-state index contributed by atoms with van der Waals surface area (Å²) in [5.41, 5.74) is 0. The Balaban J connectivity index is 0.00000208. The van der Waals surface area contributed by atoms with Crippen LogP contribution in [0.15, 0.2) is 4.52 Å². The van der Waals surface area contributed by atoms with Crippen LogP contribution in [0.3, 0.4) is 0 Å². The van der Waals surface area contributed by atoms with Gasteiger partial charge < -0.3 is 19.5 Å². The first-order chi connectivity index (χ1) is 11.2. The fourth-order valence-electron chi connectivity index (χ4n) is 3.71. The van der Waals surface area contributed by atoms with Crippen molar-refractivity contribution in [3.05, 3.63) is 11.7 Å². The van der Waals surface area contributed by atoms with E-state index in [0.717, 1.165) is 6.42 Å². The molecule has 136 valence electrons. The molecule has 1 saturated heterocycles. The molecule has 0 aromatic carbocycles. The molecule has 1 aliphatic carbocycles. The number of fused-ring (bicyclic) bond motifs is 1. The lowest BCUT2D eigenvalue weighted by Crippen LogP contribution is -2.43. The summed E-state index contributed by atoms with van der Waals surface area (Å²) in [6, 6.07) is 0.458. The van der Waals surface area contributed by atoms with Crippen LogP contribution in [0.5, 0.6) is 0 Å². The molecule has 1 N–H and O–H groups in total. The van der Waals surface area contributed by atoms with Crippen molar-refractivity contribution in [1.82, 2.24) is 20.4 Å². The van der Waals surface area contributed by atoms with Crippen LogP contribution in [-0.4, -0.2) is 53.8 Å². The molecular formula is C16H27ClN4O3. The zero-order chi connectivity index (χ0) is 16.2. The van der Waals surface area contributed by atoms with Gasteiger partial charge in [0.1, 0.15) is 0 Å². The molecule has 2 fully saturated rings. The maximum Gasteiger partial charge on any atom is 0.246 e. The number of halogens is 1. The van der Waals surface area contributed by atoms with Gasteiger partial charge in [-0.3, -0.25) is 4.79 Å². The van der Waals surface area contributed by atoms with Gasteiger partial charge in [0.2, 0.25) is 11.8 Å². The largest absolute Gasteiger partial charge is 0.384 e. The Morgan fingerprint density at radius 2 is 2.21 bits per heavy atom. The highest BCUT2D eigenvalue weighted by Gasteiger charge is 2.39. The van der Waals surface area contributed by atoms with Crippen LogP contribution in [0.4, 0.5) is 0 Å². The molecule has 2 aliphatic rings. The first-order valence-electron chi connectivity index (χ1n) is 8.49. The normalized spacial score (nSPS) is 25.8. The number of carbonyl (C=O) groups excluding carboxylic acids is 1. The number of rotatable bonds is 6. The minimum absolute atomic E-state index is 0. The molecule has 7 nitrogen and oxygen atoms in total. The van der Waals surface area contributed by atoms with Gasteiger partial charge in [-0.1, -0.05) is 18.0 Å². The Kier molecular flexibility index (Phi) is 7.01. The van der Waals surface area contributed by atoms with E-state index in [-0.39, 0.29) is 24.4 Å². The molecule has 1 aromatic rings. The highest BCUT2D eigenvalue weighted by molar-refractivity contribution is 5.85. The average molecular weight is 359 g/mol. The number of amides is 1. The van der Waals surface area contributed by atoms with E-state index >= 15 is 0 Å². The molecule has 24 heavy (non-hydrogen) atoms. The fourth-order valence-corrected chi connectivity index (χ4v) is 3.71. The van der Waals surface area contributed by atoms with Gasteiger partial charge in [-0.15, -0.1) is 12.4 Å². The predicted octanol–water partition coefficient (Wildman–Crippen LogP) is 1.56. The van der Waals surface area contributed by atoms with Crippen molar-refractivity contribution in [3.63, 3.8) is 0 Å². The maximum absolute atomic E-state index is 12.6. The van der Waals surface area contributed by atoms with Gasteiger partial charge >= 0.3 is 0 Å². The summed E-state index contributed by atoms with van der Waals surface area (Å²) in [6.07, 6.45) is 6.59. The number of carbonyl (C=O) groups is 1. The second kappa shape index (κ2) is 8.78. The van der Waals surface area contributed by atoms with E-state index < -0.39 is 0 Å². The van der Waals surface area contributed by atoms with Crippen LogP contribution in [-0.2, 0) is 22.5 Å². The van der Waals surface area contributed by atoms with Crippen molar-refractivity contribution in [2.45, 2.75) is 57.2 Å². The first-order valence-corrected chi connectivity index (χ1v) is 8.49. The molecule has 1 saturated carbocycles. The van der Waals surface area contributed by atoms with E-state index in [1.165, 1.54) is 25.7 Å². The van der Waals surface area contributed by atoms with Crippen LogP contribution in [0.2, 0.25) is 0 Å². The molecule has 2 heterocycles. The number of nitrogens with one attached hydrogen (secondary N) is 1. The Labute approximate surface area is 148 Å². The quantitative estimate of drug-likeness (QED) is 0.831. The molecule has 1 amide bonds. The summed E-state index contributed by atoms with van der Waals surface area (Å²) < 4.78 is 10.2. The molecule has 8 heteroatoms. The van der Waals surface area contributed by atoms with Crippen LogP contribution in [0, 0.1) is 5.92 Å². The number of ether oxygens (including phenoxy) is 1. The first kappa shape index (κ1) is 19.1. The van der Waals surface area contributed by atoms with Crippen molar-refractivity contribution in [1.29, 1.82) is 0 Å². The standard InChI is InChI=1S/C16H26N4O3.ClH/c1-20(10-15-18-14(19-23-15)7-8-22-2)16(21)13-9-11-5-3-4-6-12(11)17-13;/h11-13,17H,3-10H2,1-2H3;1H. The molecular weight excluding hydrogens is 332 g/mol. The SMILES string of the molecule is COCCc1noc(CN(C)C(=O)C2CC3CCCCC3N2)n1.Cl. The Bertz CT molecular complexity index is 525. The lowest BCUT2D eigenvalue weighted by Gasteiger charge is -2.24. The average Bonchev–Trinajstić information content (AvgIpc) is 3.18. The molecule has 0 radical (unpaired) electrons. The third kappa shape index (κ3) is 4.46. The summed E-state index contributed by atoms with van der Waals surface area (Å²) >= 11 is 0. The number of hydrogen-bond acceptors (Lipinski definition) is 6. The smallest absolute Gasteiger partial charge is 0.246 e. The van der Waals surface area contributed by atoms with Gasteiger partial charge in [-0.05, 0) is 25.2 Å². The third-order valence-corrected chi connectivity index (χ3v) is 4.95. The summed E-state index contributed by atoms with van der Waals surface area (Å²) in [7, 11) is 3.44. The molecule has 1 aliphatic heterocycles. The lowest BCUT2D eigenvalue weighted by atomic mass is 9.85. The molecule has 0 spiro atoms. The Morgan fingerprint density at radius 3 is 2.96 bits per heavy atom. The van der Waals surface area contributed by atoms with Crippen molar-refractivity contribution in [2.24, 2.45) is 5.92 Å². The number of methoxy groups -OCH3 is 1. The van der Waals surface area contributed by atoms with Crippen LogP contribution in [0.1, 0.15) is 43.8 Å². The van der Waals surface area contributed by atoms with Crippen molar-refractivity contribution in [3.8, 4) is 0 Å². The van der Waals surface area contributed by atoms with Gasteiger partial charge in [0.15, 0.2) is 5.82 Å². The van der Waals surface area contributed by atoms with Gasteiger partial charge in [-0.25, -0.2) is 0 Å². The zero-order valence-corrected chi connectivity index (χ0v) is 15.2. The maximum atomic E-state index is 12.6.